The van der Waals surface area contributed by atoms with Crippen molar-refractivity contribution in [2.75, 3.05) is 0 Å². The maximum atomic E-state index is 12.2. The minimum atomic E-state index is -1.02. The number of rotatable bonds is 0. The van der Waals surface area contributed by atoms with Crippen LogP contribution in [0.3, 0.4) is 0 Å². The third-order valence-electron chi connectivity index (χ3n) is 1.02. The van der Waals surface area contributed by atoms with E-state index in [1.807, 2.05) is 0 Å². The van der Waals surface area contributed by atoms with E-state index in [9.17, 15) is 8.78 Å². The SMILES string of the molecule is N#[N+]c1ccc(F)c(F)c1. The van der Waals surface area contributed by atoms with Crippen molar-refractivity contribution in [2.45, 2.75) is 0 Å². The van der Waals surface area contributed by atoms with E-state index in [1.165, 1.54) is 6.07 Å². The highest BCUT2D eigenvalue weighted by atomic mass is 19.2. The van der Waals surface area contributed by atoms with E-state index < -0.39 is 11.6 Å². The molecule has 0 aromatic heterocycles. The molecule has 0 aliphatic rings. The van der Waals surface area contributed by atoms with Gasteiger partial charge in [-0.1, -0.05) is 0 Å². The first-order valence-corrected chi connectivity index (χ1v) is 2.54. The molecule has 0 heterocycles. The molecule has 4 heteroatoms. The molecule has 50 valence electrons. The topological polar surface area (TPSA) is 28.1 Å². The Morgan fingerprint density at radius 2 is 1.90 bits per heavy atom. The lowest BCUT2D eigenvalue weighted by Crippen LogP contribution is -1.79. The van der Waals surface area contributed by atoms with Crippen LogP contribution in [-0.4, -0.2) is 0 Å². The average molecular weight is 141 g/mol. The molecule has 1 rings (SSSR count). The molecule has 0 spiro atoms. The number of halogens is 2. The molecule has 1 aromatic rings. The van der Waals surface area contributed by atoms with Crippen molar-refractivity contribution in [3.05, 3.63) is 34.8 Å². The van der Waals surface area contributed by atoms with E-state index in [1.54, 1.807) is 0 Å². The first-order valence-electron chi connectivity index (χ1n) is 2.54. The second-order valence-corrected chi connectivity index (χ2v) is 1.70. The average Bonchev–Trinajstić information content (AvgIpc) is 1.95. The van der Waals surface area contributed by atoms with Crippen LogP contribution in [0.4, 0.5) is 14.5 Å². The quantitative estimate of drug-likeness (QED) is 0.510. The summed E-state index contributed by atoms with van der Waals surface area (Å²) in [4.78, 5) is 2.67. The molecule has 0 N–H and O–H groups in total. The zero-order valence-electron chi connectivity index (χ0n) is 4.88. The number of hydrogen-bond donors (Lipinski definition) is 0. The van der Waals surface area contributed by atoms with E-state index >= 15 is 0 Å². The molecular formula is C6H3F2N2+. The van der Waals surface area contributed by atoms with Crippen LogP contribution in [0, 0.1) is 17.0 Å². The third-order valence-corrected chi connectivity index (χ3v) is 1.02. The Morgan fingerprint density at radius 3 is 2.40 bits per heavy atom. The number of benzene rings is 1. The van der Waals surface area contributed by atoms with Gasteiger partial charge < -0.3 is 0 Å². The predicted octanol–water partition coefficient (Wildman–Crippen LogP) is 2.45. The smallest absolute Gasteiger partial charge is 0.204 e. The normalized spacial score (nSPS) is 8.90. The van der Waals surface area contributed by atoms with Gasteiger partial charge in [-0.05, 0) is 6.07 Å². The van der Waals surface area contributed by atoms with E-state index in [0.29, 0.717) is 0 Å². The highest BCUT2D eigenvalue weighted by molar-refractivity contribution is 5.43. The van der Waals surface area contributed by atoms with Crippen LogP contribution in [0.25, 0.3) is 4.98 Å². The Hall–Kier alpha value is -1.50. The van der Waals surface area contributed by atoms with Crippen LogP contribution in [0.15, 0.2) is 18.2 Å². The Balaban J connectivity index is 3.20. The van der Waals surface area contributed by atoms with E-state index in [2.05, 4.69) is 4.98 Å². The minimum Gasteiger partial charge on any atom is -0.204 e. The summed E-state index contributed by atoms with van der Waals surface area (Å²) in [7, 11) is 0. The lowest BCUT2D eigenvalue weighted by Gasteiger charge is -1.84. The summed E-state index contributed by atoms with van der Waals surface area (Å²) in [5.41, 5.74) is -0.00102. The van der Waals surface area contributed by atoms with Crippen molar-refractivity contribution >= 4 is 5.69 Å². The molecule has 0 fully saturated rings. The zero-order valence-corrected chi connectivity index (χ0v) is 4.88. The van der Waals surface area contributed by atoms with Gasteiger partial charge in [-0.15, -0.1) is 0 Å². The van der Waals surface area contributed by atoms with Crippen molar-refractivity contribution in [1.29, 1.82) is 5.39 Å². The fourth-order valence-electron chi connectivity index (χ4n) is 0.547. The molecular weight excluding hydrogens is 138 g/mol. The molecule has 0 saturated heterocycles. The van der Waals surface area contributed by atoms with Crippen molar-refractivity contribution in [3.63, 3.8) is 0 Å². The molecule has 0 unspecified atom stereocenters. The summed E-state index contributed by atoms with van der Waals surface area (Å²) in [5.74, 6) is -1.97. The van der Waals surface area contributed by atoms with Crippen molar-refractivity contribution in [3.8, 4) is 0 Å². The second kappa shape index (κ2) is 2.40. The lowest BCUT2D eigenvalue weighted by molar-refractivity contribution is 0.509. The summed E-state index contributed by atoms with van der Waals surface area (Å²) in [5, 5.41) is 8.09. The predicted molar refractivity (Wildman–Crippen MR) is 31.1 cm³/mol. The summed E-state index contributed by atoms with van der Waals surface area (Å²) in [6.45, 7) is 0. The summed E-state index contributed by atoms with van der Waals surface area (Å²) in [6.07, 6.45) is 0. The largest absolute Gasteiger partial charge is 0.388 e. The van der Waals surface area contributed by atoms with Gasteiger partial charge in [-0.2, -0.15) is 0 Å². The highest BCUT2D eigenvalue weighted by Gasteiger charge is 2.08. The maximum Gasteiger partial charge on any atom is 0.388 e. The van der Waals surface area contributed by atoms with Crippen LogP contribution in [0.1, 0.15) is 0 Å². The van der Waals surface area contributed by atoms with Gasteiger partial charge in [0.2, 0.25) is 5.39 Å². The maximum absolute atomic E-state index is 12.2. The van der Waals surface area contributed by atoms with Crippen molar-refractivity contribution in [2.24, 2.45) is 0 Å². The zero-order chi connectivity index (χ0) is 7.56. The third kappa shape index (κ3) is 1.08. The molecule has 0 bridgehead atoms. The number of nitrogens with zero attached hydrogens (tertiary/aromatic N) is 2. The summed E-state index contributed by atoms with van der Waals surface area (Å²) >= 11 is 0. The fourth-order valence-corrected chi connectivity index (χ4v) is 0.547. The standard InChI is InChI=1S/C6H3F2N2/c7-5-2-1-4(10-9)3-6(5)8/h1-3H/q+1. The molecule has 1 aromatic carbocycles. The van der Waals surface area contributed by atoms with Crippen molar-refractivity contribution in [1.82, 2.24) is 0 Å². The second-order valence-electron chi connectivity index (χ2n) is 1.70. The van der Waals surface area contributed by atoms with Gasteiger partial charge in [0.05, 0.1) is 6.07 Å². The van der Waals surface area contributed by atoms with Crippen LogP contribution in [0.5, 0.6) is 0 Å². The number of hydrogen-bond acceptors (Lipinski definition) is 1. The first-order chi connectivity index (χ1) is 4.74. The van der Waals surface area contributed by atoms with Crippen LogP contribution in [-0.2, 0) is 0 Å². The minimum absolute atomic E-state index is 0.00102. The van der Waals surface area contributed by atoms with Crippen LogP contribution >= 0.6 is 0 Å². The summed E-state index contributed by atoms with van der Waals surface area (Å²) in [6, 6.07) is 2.86. The van der Waals surface area contributed by atoms with Gasteiger partial charge in [-0.25, -0.2) is 8.78 Å². The Bertz CT molecular complexity index is 290. The molecule has 0 aliphatic carbocycles. The highest BCUT2D eigenvalue weighted by Crippen LogP contribution is 2.15. The molecule has 10 heavy (non-hydrogen) atoms. The Morgan fingerprint density at radius 1 is 1.20 bits per heavy atom. The fraction of sp³-hybridized carbons (Fsp3) is 0. The van der Waals surface area contributed by atoms with E-state index in [4.69, 9.17) is 5.39 Å². The first kappa shape index (κ1) is 6.62. The van der Waals surface area contributed by atoms with Gasteiger partial charge in [0.15, 0.2) is 16.6 Å². The van der Waals surface area contributed by atoms with Gasteiger partial charge >= 0.3 is 5.69 Å². The van der Waals surface area contributed by atoms with E-state index in [-0.39, 0.29) is 5.69 Å². The van der Waals surface area contributed by atoms with Crippen molar-refractivity contribution < 1.29 is 8.78 Å². The van der Waals surface area contributed by atoms with Gasteiger partial charge in [0.25, 0.3) is 0 Å². The molecule has 0 radical (unpaired) electrons. The van der Waals surface area contributed by atoms with E-state index in [0.717, 1.165) is 12.1 Å². The van der Waals surface area contributed by atoms with Crippen LogP contribution in [0.2, 0.25) is 0 Å². The van der Waals surface area contributed by atoms with Crippen LogP contribution < -0.4 is 0 Å². The molecule has 0 aliphatic heterocycles. The molecule has 0 saturated carbocycles. The molecule has 2 nitrogen and oxygen atoms in total. The van der Waals surface area contributed by atoms with Gasteiger partial charge in [-0.3, -0.25) is 0 Å². The Kier molecular flexibility index (Phi) is 1.59. The van der Waals surface area contributed by atoms with Gasteiger partial charge in [0.1, 0.15) is 0 Å². The number of diazo groups is 1. The monoisotopic (exact) mass is 141 g/mol. The van der Waals surface area contributed by atoms with Gasteiger partial charge in [0, 0.05) is 6.07 Å². The Labute approximate surface area is 55.7 Å². The lowest BCUT2D eigenvalue weighted by atomic mass is 10.3. The molecule has 0 amide bonds. The molecule has 0 atom stereocenters. The summed E-state index contributed by atoms with van der Waals surface area (Å²) < 4.78 is 24.4.